The molecule has 5 heteroatoms. The van der Waals surface area contributed by atoms with Gasteiger partial charge in [-0.2, -0.15) is 4.68 Å². The first-order chi connectivity index (χ1) is 9.76. The second-order valence-electron chi connectivity index (χ2n) is 6.34. The van der Waals surface area contributed by atoms with E-state index in [4.69, 9.17) is 4.42 Å². The minimum atomic E-state index is -0.261. The number of unbranched alkanes of at least 4 members (excludes halogenated alkanes) is 2. The van der Waals surface area contributed by atoms with Crippen LogP contribution in [-0.4, -0.2) is 22.4 Å². The van der Waals surface area contributed by atoms with E-state index < -0.39 is 0 Å². The zero-order valence-corrected chi connectivity index (χ0v) is 12.3. The number of aryl methyl sites for hydroxylation is 1. The third-order valence-electron chi connectivity index (χ3n) is 4.73. The van der Waals surface area contributed by atoms with E-state index in [2.05, 4.69) is 17.3 Å². The molecular weight excluding hydrogens is 254 g/mol. The van der Waals surface area contributed by atoms with Gasteiger partial charge in [0.1, 0.15) is 0 Å². The van der Waals surface area contributed by atoms with E-state index >= 15 is 0 Å². The summed E-state index contributed by atoms with van der Waals surface area (Å²) in [5.41, 5.74) is 0. The summed E-state index contributed by atoms with van der Waals surface area (Å²) in [4.78, 5) is 12.0. The maximum atomic E-state index is 12.0. The molecule has 20 heavy (non-hydrogen) atoms. The third kappa shape index (κ3) is 2.97. The van der Waals surface area contributed by atoms with Crippen molar-refractivity contribution in [3.63, 3.8) is 0 Å². The predicted octanol–water partition coefficient (Wildman–Crippen LogP) is 2.27. The molecule has 0 aromatic carbocycles. The van der Waals surface area contributed by atoms with Crippen molar-refractivity contribution >= 4 is 0 Å². The van der Waals surface area contributed by atoms with Gasteiger partial charge in [0.15, 0.2) is 0 Å². The summed E-state index contributed by atoms with van der Waals surface area (Å²) in [6, 6.07) is 0.768. The largest absolute Gasteiger partial charge is 0.437 e. The Labute approximate surface area is 119 Å². The summed E-state index contributed by atoms with van der Waals surface area (Å²) in [5, 5.41) is 8.03. The Kier molecular flexibility index (Phi) is 4.24. The zero-order chi connectivity index (χ0) is 13.9. The van der Waals surface area contributed by atoms with Crippen LogP contribution < -0.4 is 11.1 Å². The van der Waals surface area contributed by atoms with E-state index in [1.807, 2.05) is 0 Å². The third-order valence-corrected chi connectivity index (χ3v) is 4.73. The number of hydrogen-bond acceptors (Lipinski definition) is 4. The number of piperidine rings is 1. The number of rotatable bonds is 5. The van der Waals surface area contributed by atoms with Gasteiger partial charge in [0.05, 0.1) is 6.04 Å². The minimum Gasteiger partial charge on any atom is -0.392 e. The molecule has 0 amide bonds. The van der Waals surface area contributed by atoms with Crippen molar-refractivity contribution in [1.29, 1.82) is 0 Å². The smallest absolute Gasteiger partial charge is 0.392 e. The predicted molar refractivity (Wildman–Crippen MR) is 76.8 cm³/mol. The molecule has 1 N–H and O–H groups in total. The molecule has 2 saturated heterocycles. The van der Waals surface area contributed by atoms with Crippen molar-refractivity contribution in [3.8, 4) is 0 Å². The number of nitrogens with one attached hydrogen (secondary N) is 1. The lowest BCUT2D eigenvalue weighted by atomic mass is 9.96. The van der Waals surface area contributed by atoms with Gasteiger partial charge in [0.25, 0.3) is 0 Å². The first-order valence-corrected chi connectivity index (χ1v) is 8.08. The molecule has 2 aliphatic heterocycles. The number of fused-ring (bicyclic) bond motifs is 4. The van der Waals surface area contributed by atoms with Gasteiger partial charge in [-0.15, -0.1) is 5.10 Å². The summed E-state index contributed by atoms with van der Waals surface area (Å²) in [6.07, 6.45) is 8.75. The molecule has 112 valence electrons. The molecule has 3 unspecified atom stereocenters. The highest BCUT2D eigenvalue weighted by molar-refractivity contribution is 4.89. The van der Waals surface area contributed by atoms with E-state index in [0.717, 1.165) is 38.6 Å². The van der Waals surface area contributed by atoms with E-state index in [1.54, 1.807) is 4.68 Å². The fourth-order valence-corrected chi connectivity index (χ4v) is 3.57. The van der Waals surface area contributed by atoms with E-state index in [0.29, 0.717) is 17.9 Å². The second-order valence-corrected chi connectivity index (χ2v) is 6.34. The van der Waals surface area contributed by atoms with Crippen LogP contribution in [0.4, 0.5) is 0 Å². The lowest BCUT2D eigenvalue weighted by Crippen LogP contribution is -2.36. The van der Waals surface area contributed by atoms with E-state index in [-0.39, 0.29) is 11.8 Å². The van der Waals surface area contributed by atoms with Crippen LogP contribution in [0.2, 0.25) is 0 Å². The molecule has 3 aliphatic rings. The van der Waals surface area contributed by atoms with Crippen LogP contribution in [0.25, 0.3) is 0 Å². The second kappa shape index (κ2) is 6.12. The fourth-order valence-electron chi connectivity index (χ4n) is 3.57. The molecular formula is C15H25N3O2. The van der Waals surface area contributed by atoms with Crippen LogP contribution in [-0.2, 0) is 6.42 Å². The average Bonchev–Trinajstić information content (AvgIpc) is 2.64. The maximum Gasteiger partial charge on any atom is 0.437 e. The Morgan fingerprint density at radius 2 is 2.25 bits per heavy atom. The van der Waals surface area contributed by atoms with Crippen molar-refractivity contribution in [1.82, 2.24) is 15.1 Å². The Morgan fingerprint density at radius 1 is 1.35 bits per heavy atom. The van der Waals surface area contributed by atoms with Crippen LogP contribution in [0.5, 0.6) is 0 Å². The highest BCUT2D eigenvalue weighted by Crippen LogP contribution is 2.33. The molecule has 1 saturated carbocycles. The Bertz CT molecular complexity index is 472. The van der Waals surface area contributed by atoms with E-state index in [9.17, 15) is 4.79 Å². The lowest BCUT2D eigenvalue weighted by molar-refractivity contribution is 0.335. The number of nitrogens with zero attached hydrogens (tertiary/aromatic N) is 2. The van der Waals surface area contributed by atoms with Crippen molar-refractivity contribution in [2.75, 3.05) is 6.54 Å². The average molecular weight is 279 g/mol. The fraction of sp³-hybridized carbons (Fsp3) is 0.867. The van der Waals surface area contributed by atoms with Crippen LogP contribution in [0.3, 0.4) is 0 Å². The molecule has 2 bridgehead atoms. The molecule has 3 fully saturated rings. The Hall–Kier alpha value is -1.10. The van der Waals surface area contributed by atoms with Crippen molar-refractivity contribution in [2.24, 2.45) is 5.92 Å². The highest BCUT2D eigenvalue weighted by atomic mass is 16.4. The molecule has 4 rings (SSSR count). The van der Waals surface area contributed by atoms with Crippen molar-refractivity contribution < 1.29 is 4.42 Å². The van der Waals surface area contributed by atoms with Crippen LogP contribution >= 0.6 is 0 Å². The molecule has 1 aliphatic carbocycles. The van der Waals surface area contributed by atoms with Gasteiger partial charge in [-0.25, -0.2) is 4.79 Å². The Morgan fingerprint density at radius 3 is 3.00 bits per heavy atom. The molecule has 0 spiro atoms. The van der Waals surface area contributed by atoms with Crippen LogP contribution in [0.15, 0.2) is 9.21 Å². The van der Waals surface area contributed by atoms with Gasteiger partial charge in [-0.3, -0.25) is 0 Å². The summed E-state index contributed by atoms with van der Waals surface area (Å²) in [5.74, 6) is 1.04. The SMILES string of the molecule is CCCCCc1nn(C2CC3CCC(C2)NC3)c(=O)o1. The molecule has 3 heterocycles. The highest BCUT2D eigenvalue weighted by Gasteiger charge is 2.32. The molecule has 1 aromatic heterocycles. The van der Waals surface area contributed by atoms with E-state index in [1.165, 1.54) is 19.3 Å². The normalized spacial score (nSPS) is 29.6. The molecule has 1 aromatic rings. The van der Waals surface area contributed by atoms with Crippen LogP contribution in [0, 0.1) is 5.92 Å². The first-order valence-electron chi connectivity index (χ1n) is 8.08. The van der Waals surface area contributed by atoms with Gasteiger partial charge < -0.3 is 9.73 Å². The van der Waals surface area contributed by atoms with Crippen LogP contribution in [0.1, 0.15) is 63.8 Å². The first kappa shape index (κ1) is 13.9. The minimum absolute atomic E-state index is 0.221. The maximum absolute atomic E-state index is 12.0. The molecule has 5 nitrogen and oxygen atoms in total. The lowest BCUT2D eigenvalue weighted by Gasteiger charge is -2.23. The summed E-state index contributed by atoms with van der Waals surface area (Å²) >= 11 is 0. The number of hydrogen-bond donors (Lipinski definition) is 1. The standard InChI is InChI=1S/C15H25N3O2/c1-2-3-4-5-14-17-18(15(19)20-14)13-8-11-6-7-12(9-13)16-10-11/h11-13,16H,2-10H2,1H3. The summed E-state index contributed by atoms with van der Waals surface area (Å²) in [7, 11) is 0. The summed E-state index contributed by atoms with van der Waals surface area (Å²) in [6.45, 7) is 3.26. The van der Waals surface area contributed by atoms with Gasteiger partial charge in [0, 0.05) is 12.5 Å². The van der Waals surface area contributed by atoms with Gasteiger partial charge in [-0.1, -0.05) is 19.8 Å². The van der Waals surface area contributed by atoms with Crippen molar-refractivity contribution in [3.05, 3.63) is 16.4 Å². The molecule has 0 radical (unpaired) electrons. The topological polar surface area (TPSA) is 60.1 Å². The molecule has 3 atom stereocenters. The zero-order valence-electron chi connectivity index (χ0n) is 12.3. The monoisotopic (exact) mass is 279 g/mol. The summed E-state index contributed by atoms with van der Waals surface area (Å²) < 4.78 is 6.95. The Balaban J connectivity index is 1.71. The number of aromatic nitrogens is 2. The van der Waals surface area contributed by atoms with Gasteiger partial charge >= 0.3 is 5.76 Å². The van der Waals surface area contributed by atoms with Crippen molar-refractivity contribution in [2.45, 2.75) is 70.4 Å². The van der Waals surface area contributed by atoms with Gasteiger partial charge in [-0.05, 0) is 44.6 Å². The quantitative estimate of drug-likeness (QED) is 0.840. The van der Waals surface area contributed by atoms with Gasteiger partial charge in [0.2, 0.25) is 5.89 Å².